The molecule has 0 amide bonds. The van der Waals surface area contributed by atoms with Gasteiger partial charge in [-0.2, -0.15) is 0 Å². The number of nitrogen functional groups attached to an aromatic ring is 1. The van der Waals surface area contributed by atoms with Gasteiger partial charge in [0.15, 0.2) is 0 Å². The first-order chi connectivity index (χ1) is 8.17. The van der Waals surface area contributed by atoms with Gasteiger partial charge in [0.1, 0.15) is 17.3 Å². The van der Waals surface area contributed by atoms with Crippen LogP contribution < -0.4 is 10.5 Å². The maximum Gasteiger partial charge on any atom is 0.131 e. The Hall–Kier alpha value is -1.49. The molecule has 1 heterocycles. The minimum Gasteiger partial charge on any atom is -0.497 e. The number of nitrogens with two attached hydrogens (primary N) is 1. The number of aryl methyl sites for hydroxylation is 1. The number of hydrogen-bond acceptors (Lipinski definition) is 3. The summed E-state index contributed by atoms with van der Waals surface area (Å²) in [5.74, 6) is 1.45. The van der Waals surface area contributed by atoms with Gasteiger partial charge in [0.2, 0.25) is 0 Å². The van der Waals surface area contributed by atoms with Crippen LogP contribution in [0.15, 0.2) is 29.0 Å². The second kappa shape index (κ2) is 4.79. The van der Waals surface area contributed by atoms with Gasteiger partial charge in [-0.15, -0.1) is 0 Å². The zero-order valence-electron chi connectivity index (χ0n) is 9.77. The summed E-state index contributed by atoms with van der Waals surface area (Å²) in [5.41, 5.74) is 7.76. The average Bonchev–Trinajstić information content (AvgIpc) is 2.71. The van der Waals surface area contributed by atoms with Crippen molar-refractivity contribution in [2.24, 2.45) is 0 Å². The van der Waals surface area contributed by atoms with Gasteiger partial charge in [-0.25, -0.2) is 4.98 Å². The van der Waals surface area contributed by atoms with Crippen LogP contribution in [0.5, 0.6) is 5.75 Å². The standard InChI is InChI=1S/C12H14BrN3O/c1-3-16-7-15-11(12(16)14)9-6-8(17-2)4-5-10(9)13/h4-7H,3,14H2,1-2H3. The van der Waals surface area contributed by atoms with Gasteiger partial charge >= 0.3 is 0 Å². The number of imidazole rings is 1. The SMILES string of the molecule is CCn1cnc(-c2cc(OC)ccc2Br)c1N. The van der Waals surface area contributed by atoms with Crippen LogP contribution in [0, 0.1) is 0 Å². The van der Waals surface area contributed by atoms with Crippen molar-refractivity contribution in [1.82, 2.24) is 9.55 Å². The Morgan fingerprint density at radius 3 is 2.82 bits per heavy atom. The van der Waals surface area contributed by atoms with Gasteiger partial charge in [-0.3, -0.25) is 0 Å². The van der Waals surface area contributed by atoms with Crippen LogP contribution in [0.1, 0.15) is 6.92 Å². The van der Waals surface area contributed by atoms with Crippen LogP contribution in [0.25, 0.3) is 11.3 Å². The van der Waals surface area contributed by atoms with E-state index in [2.05, 4.69) is 20.9 Å². The first-order valence-corrected chi connectivity index (χ1v) is 6.11. The molecule has 0 aliphatic rings. The van der Waals surface area contributed by atoms with E-state index in [4.69, 9.17) is 10.5 Å². The predicted octanol–water partition coefficient (Wildman–Crippen LogP) is 2.92. The maximum absolute atomic E-state index is 6.05. The highest BCUT2D eigenvalue weighted by Crippen LogP contribution is 2.33. The van der Waals surface area contributed by atoms with Gasteiger partial charge in [0.05, 0.1) is 13.4 Å². The summed E-state index contributed by atoms with van der Waals surface area (Å²) in [6, 6.07) is 5.74. The molecule has 1 aromatic carbocycles. The highest BCUT2D eigenvalue weighted by molar-refractivity contribution is 9.10. The summed E-state index contributed by atoms with van der Waals surface area (Å²) in [5, 5.41) is 0. The van der Waals surface area contributed by atoms with Gasteiger partial charge in [-0.1, -0.05) is 15.9 Å². The van der Waals surface area contributed by atoms with E-state index in [0.29, 0.717) is 5.82 Å². The van der Waals surface area contributed by atoms with Crippen molar-refractivity contribution in [2.45, 2.75) is 13.5 Å². The molecule has 5 heteroatoms. The molecule has 0 bridgehead atoms. The van der Waals surface area contributed by atoms with Crippen molar-refractivity contribution in [1.29, 1.82) is 0 Å². The Morgan fingerprint density at radius 2 is 2.24 bits per heavy atom. The molecule has 17 heavy (non-hydrogen) atoms. The number of hydrogen-bond donors (Lipinski definition) is 1. The molecule has 0 fully saturated rings. The first-order valence-electron chi connectivity index (χ1n) is 5.32. The summed E-state index contributed by atoms with van der Waals surface area (Å²) in [6.07, 6.45) is 1.75. The highest BCUT2D eigenvalue weighted by atomic mass is 79.9. The molecule has 2 rings (SSSR count). The number of aromatic nitrogens is 2. The monoisotopic (exact) mass is 295 g/mol. The minimum atomic E-state index is 0.668. The van der Waals surface area contributed by atoms with Crippen molar-refractivity contribution in [3.8, 4) is 17.0 Å². The lowest BCUT2D eigenvalue weighted by molar-refractivity contribution is 0.415. The Labute approximate surface area is 109 Å². The van der Waals surface area contributed by atoms with Crippen molar-refractivity contribution in [2.75, 3.05) is 12.8 Å². The summed E-state index contributed by atoms with van der Waals surface area (Å²) >= 11 is 3.50. The van der Waals surface area contributed by atoms with Gasteiger partial charge < -0.3 is 15.0 Å². The molecule has 0 saturated heterocycles. The van der Waals surface area contributed by atoms with Crippen molar-refractivity contribution in [3.05, 3.63) is 29.0 Å². The second-order valence-corrected chi connectivity index (χ2v) is 4.46. The summed E-state index contributed by atoms with van der Waals surface area (Å²) < 4.78 is 8.06. The van der Waals surface area contributed by atoms with Crippen molar-refractivity contribution < 1.29 is 4.74 Å². The maximum atomic E-state index is 6.05. The number of benzene rings is 1. The number of nitrogens with zero attached hydrogens (tertiary/aromatic N) is 2. The number of halogens is 1. The largest absolute Gasteiger partial charge is 0.497 e. The van der Waals surface area contributed by atoms with E-state index in [1.54, 1.807) is 13.4 Å². The fourth-order valence-corrected chi connectivity index (χ4v) is 2.10. The quantitative estimate of drug-likeness (QED) is 0.947. The Bertz CT molecular complexity index is 537. The lowest BCUT2D eigenvalue weighted by atomic mass is 10.1. The fraction of sp³-hybridized carbons (Fsp3) is 0.250. The Kier molecular flexibility index (Phi) is 3.38. The molecule has 0 spiro atoms. The molecule has 2 aromatic rings. The lowest BCUT2D eigenvalue weighted by Crippen LogP contribution is -1.99. The van der Waals surface area contributed by atoms with Gasteiger partial charge in [0.25, 0.3) is 0 Å². The Morgan fingerprint density at radius 1 is 1.47 bits per heavy atom. The van der Waals surface area contributed by atoms with E-state index in [9.17, 15) is 0 Å². The van der Waals surface area contributed by atoms with Gasteiger partial charge in [-0.05, 0) is 25.1 Å². The van der Waals surface area contributed by atoms with E-state index in [-0.39, 0.29) is 0 Å². The third-order valence-corrected chi connectivity index (χ3v) is 3.34. The molecule has 0 unspecified atom stereocenters. The third kappa shape index (κ3) is 2.15. The molecule has 90 valence electrons. The molecule has 0 saturated carbocycles. The molecule has 2 N–H and O–H groups in total. The van der Waals surface area contributed by atoms with Gasteiger partial charge in [0, 0.05) is 16.6 Å². The summed E-state index contributed by atoms with van der Waals surface area (Å²) in [7, 11) is 1.64. The van der Waals surface area contributed by atoms with Crippen molar-refractivity contribution >= 4 is 21.7 Å². The lowest BCUT2D eigenvalue weighted by Gasteiger charge is -2.07. The number of ether oxygens (including phenoxy) is 1. The number of anilines is 1. The van der Waals surface area contributed by atoms with Crippen molar-refractivity contribution in [3.63, 3.8) is 0 Å². The zero-order valence-corrected chi connectivity index (χ0v) is 11.4. The van der Waals surface area contributed by atoms with E-state index < -0.39 is 0 Å². The van der Waals surface area contributed by atoms with Crippen LogP contribution in [-0.2, 0) is 6.54 Å². The smallest absolute Gasteiger partial charge is 0.131 e. The fourth-order valence-electron chi connectivity index (χ4n) is 1.66. The van der Waals surface area contributed by atoms with Crippen LogP contribution in [0.4, 0.5) is 5.82 Å². The van der Waals surface area contributed by atoms with E-state index in [1.165, 1.54) is 0 Å². The molecule has 1 aromatic heterocycles. The molecule has 0 aliphatic heterocycles. The molecule has 0 atom stereocenters. The van der Waals surface area contributed by atoms with Crippen LogP contribution in [-0.4, -0.2) is 16.7 Å². The van der Waals surface area contributed by atoms with E-state index in [0.717, 1.165) is 28.0 Å². The highest BCUT2D eigenvalue weighted by Gasteiger charge is 2.12. The molecule has 0 radical (unpaired) electrons. The average molecular weight is 296 g/mol. The molecule has 4 nitrogen and oxygen atoms in total. The first kappa shape index (κ1) is 12.0. The second-order valence-electron chi connectivity index (χ2n) is 3.61. The summed E-state index contributed by atoms with van der Waals surface area (Å²) in [4.78, 5) is 4.35. The Balaban J connectivity index is 2.55. The normalized spacial score (nSPS) is 10.5. The van der Waals surface area contributed by atoms with Crippen LogP contribution in [0.2, 0.25) is 0 Å². The van der Waals surface area contributed by atoms with E-state index >= 15 is 0 Å². The predicted molar refractivity (Wildman–Crippen MR) is 72.0 cm³/mol. The van der Waals surface area contributed by atoms with Crippen LogP contribution in [0.3, 0.4) is 0 Å². The molecular formula is C12H14BrN3O. The van der Waals surface area contributed by atoms with Crippen LogP contribution >= 0.6 is 15.9 Å². The third-order valence-electron chi connectivity index (χ3n) is 2.65. The molecule has 0 aliphatic carbocycles. The summed E-state index contributed by atoms with van der Waals surface area (Å²) in [6.45, 7) is 2.84. The topological polar surface area (TPSA) is 53.1 Å². The molecular weight excluding hydrogens is 282 g/mol. The zero-order chi connectivity index (χ0) is 12.4. The number of methoxy groups -OCH3 is 1. The van der Waals surface area contributed by atoms with E-state index in [1.807, 2.05) is 29.7 Å². The number of rotatable bonds is 3. The minimum absolute atomic E-state index is 0.668.